The van der Waals surface area contributed by atoms with Gasteiger partial charge >= 0.3 is 0 Å². The van der Waals surface area contributed by atoms with Crippen molar-refractivity contribution < 1.29 is 13.2 Å². The number of nitrogens with two attached hydrogens (primary N) is 1. The lowest BCUT2D eigenvalue weighted by molar-refractivity contribution is 0.179. The molecule has 0 atom stereocenters. The Morgan fingerprint density at radius 3 is 2.47 bits per heavy atom. The second-order valence-corrected chi connectivity index (χ2v) is 6.32. The number of ether oxygens (including phenoxy) is 1. The van der Waals surface area contributed by atoms with Gasteiger partial charge in [-0.15, -0.1) is 0 Å². The summed E-state index contributed by atoms with van der Waals surface area (Å²) in [6.45, 7) is 1.38. The first-order valence-corrected chi connectivity index (χ1v) is 7.92. The Morgan fingerprint density at radius 2 is 1.89 bits per heavy atom. The first-order chi connectivity index (χ1) is 9.10. The number of rotatable bonds is 9. The van der Waals surface area contributed by atoms with Crippen molar-refractivity contribution in [1.82, 2.24) is 4.31 Å². The molecule has 0 amide bonds. The highest BCUT2D eigenvalue weighted by molar-refractivity contribution is 7.89. The van der Waals surface area contributed by atoms with Crippen molar-refractivity contribution in [3.05, 3.63) is 35.9 Å². The standard InChI is InChI=1S/C13H22N2O3S/c1-18-11-10-15(9-8-14)19(16,17)12-7-13-5-3-2-4-6-13/h2-6H,7-12,14H2,1H3. The van der Waals surface area contributed by atoms with E-state index in [1.165, 1.54) is 4.31 Å². The second kappa shape index (κ2) is 8.27. The van der Waals surface area contributed by atoms with E-state index in [0.717, 1.165) is 5.56 Å². The maximum atomic E-state index is 12.2. The molecule has 1 aromatic rings. The van der Waals surface area contributed by atoms with Crippen molar-refractivity contribution in [2.24, 2.45) is 5.73 Å². The normalized spacial score (nSPS) is 11.9. The van der Waals surface area contributed by atoms with Gasteiger partial charge in [0.05, 0.1) is 12.4 Å². The number of aryl methyl sites for hydroxylation is 1. The van der Waals surface area contributed by atoms with Crippen molar-refractivity contribution in [3.8, 4) is 0 Å². The van der Waals surface area contributed by atoms with Gasteiger partial charge in [0, 0.05) is 26.7 Å². The second-order valence-electron chi connectivity index (χ2n) is 4.23. The average molecular weight is 286 g/mol. The minimum Gasteiger partial charge on any atom is -0.383 e. The van der Waals surface area contributed by atoms with E-state index in [1.54, 1.807) is 7.11 Å². The molecule has 1 aromatic carbocycles. The molecule has 0 aliphatic heterocycles. The molecule has 1 rings (SSSR count). The molecule has 0 unspecified atom stereocenters. The zero-order valence-corrected chi connectivity index (χ0v) is 12.1. The van der Waals surface area contributed by atoms with E-state index < -0.39 is 10.0 Å². The fraction of sp³-hybridized carbons (Fsp3) is 0.538. The largest absolute Gasteiger partial charge is 0.383 e. The molecule has 0 aliphatic rings. The van der Waals surface area contributed by atoms with Gasteiger partial charge in [-0.3, -0.25) is 0 Å². The molecule has 0 saturated carbocycles. The Hall–Kier alpha value is -0.950. The van der Waals surface area contributed by atoms with E-state index in [0.29, 0.717) is 32.7 Å². The van der Waals surface area contributed by atoms with Crippen LogP contribution in [0.25, 0.3) is 0 Å². The third-order valence-corrected chi connectivity index (χ3v) is 4.68. The average Bonchev–Trinajstić information content (AvgIpc) is 2.42. The van der Waals surface area contributed by atoms with Gasteiger partial charge in [0.15, 0.2) is 0 Å². The van der Waals surface area contributed by atoms with Gasteiger partial charge in [0.2, 0.25) is 10.0 Å². The van der Waals surface area contributed by atoms with E-state index in [2.05, 4.69) is 0 Å². The fourth-order valence-corrected chi connectivity index (χ4v) is 3.24. The van der Waals surface area contributed by atoms with Crippen molar-refractivity contribution in [2.45, 2.75) is 6.42 Å². The molecule has 0 aromatic heterocycles. The predicted molar refractivity (Wildman–Crippen MR) is 76.4 cm³/mol. The molecule has 108 valence electrons. The minimum atomic E-state index is -3.28. The Morgan fingerprint density at radius 1 is 1.21 bits per heavy atom. The van der Waals surface area contributed by atoms with Crippen molar-refractivity contribution in [3.63, 3.8) is 0 Å². The molecule has 0 heterocycles. The number of hydrogen-bond acceptors (Lipinski definition) is 4. The molecule has 0 aliphatic carbocycles. The van der Waals surface area contributed by atoms with Gasteiger partial charge in [-0.1, -0.05) is 30.3 Å². The van der Waals surface area contributed by atoms with E-state index in [9.17, 15) is 8.42 Å². The van der Waals surface area contributed by atoms with Crippen LogP contribution in [-0.4, -0.2) is 51.8 Å². The third kappa shape index (κ3) is 5.69. The van der Waals surface area contributed by atoms with Crippen LogP contribution in [0.1, 0.15) is 5.56 Å². The molecule has 0 saturated heterocycles. The number of methoxy groups -OCH3 is 1. The van der Waals surface area contributed by atoms with Gasteiger partial charge in [-0.2, -0.15) is 4.31 Å². The number of hydrogen-bond donors (Lipinski definition) is 1. The zero-order chi connectivity index (χ0) is 14.1. The smallest absolute Gasteiger partial charge is 0.214 e. The summed E-state index contributed by atoms with van der Waals surface area (Å²) in [5, 5.41) is 0. The first-order valence-electron chi connectivity index (χ1n) is 6.31. The summed E-state index contributed by atoms with van der Waals surface area (Å²) < 4.78 is 30.8. The Labute approximate surface area is 115 Å². The van der Waals surface area contributed by atoms with Crippen LogP contribution in [0, 0.1) is 0 Å². The molecule has 5 nitrogen and oxygen atoms in total. The molecule has 2 N–H and O–H groups in total. The van der Waals surface area contributed by atoms with Crippen LogP contribution < -0.4 is 5.73 Å². The molecule has 19 heavy (non-hydrogen) atoms. The maximum absolute atomic E-state index is 12.2. The highest BCUT2D eigenvalue weighted by Crippen LogP contribution is 2.06. The van der Waals surface area contributed by atoms with Gasteiger partial charge < -0.3 is 10.5 Å². The van der Waals surface area contributed by atoms with Crippen molar-refractivity contribution >= 4 is 10.0 Å². The van der Waals surface area contributed by atoms with Gasteiger partial charge in [-0.05, 0) is 12.0 Å². The predicted octanol–water partition coefficient (Wildman–Crippen LogP) is 0.466. The van der Waals surface area contributed by atoms with Crippen LogP contribution in [0.3, 0.4) is 0 Å². The highest BCUT2D eigenvalue weighted by Gasteiger charge is 2.20. The van der Waals surface area contributed by atoms with Crippen LogP contribution in [0.15, 0.2) is 30.3 Å². The van der Waals surface area contributed by atoms with Gasteiger partial charge in [-0.25, -0.2) is 8.42 Å². The molecule has 0 spiro atoms. The van der Waals surface area contributed by atoms with Crippen molar-refractivity contribution in [2.75, 3.05) is 39.1 Å². The molecule has 0 fully saturated rings. The monoisotopic (exact) mass is 286 g/mol. The Bertz CT molecular complexity index is 448. The summed E-state index contributed by atoms with van der Waals surface area (Å²) in [6.07, 6.45) is 0.511. The summed E-state index contributed by atoms with van der Waals surface area (Å²) >= 11 is 0. The van der Waals surface area contributed by atoms with Crippen LogP contribution >= 0.6 is 0 Å². The van der Waals surface area contributed by atoms with Crippen molar-refractivity contribution in [1.29, 1.82) is 0 Å². The van der Waals surface area contributed by atoms with E-state index in [4.69, 9.17) is 10.5 Å². The lowest BCUT2D eigenvalue weighted by atomic mass is 10.2. The molecular weight excluding hydrogens is 264 g/mol. The first kappa shape index (κ1) is 16.1. The minimum absolute atomic E-state index is 0.0979. The number of sulfonamides is 1. The number of nitrogens with zero attached hydrogens (tertiary/aromatic N) is 1. The molecule has 0 radical (unpaired) electrons. The van der Waals surface area contributed by atoms with Crippen LogP contribution in [-0.2, 0) is 21.2 Å². The van der Waals surface area contributed by atoms with E-state index in [-0.39, 0.29) is 5.75 Å². The molecule has 6 heteroatoms. The van der Waals surface area contributed by atoms with Gasteiger partial charge in [0.1, 0.15) is 0 Å². The quantitative estimate of drug-likeness (QED) is 0.716. The molecular formula is C13H22N2O3S. The summed E-state index contributed by atoms with van der Waals surface area (Å²) in [4.78, 5) is 0. The van der Waals surface area contributed by atoms with E-state index >= 15 is 0 Å². The fourth-order valence-electron chi connectivity index (χ4n) is 1.75. The maximum Gasteiger partial charge on any atom is 0.214 e. The van der Waals surface area contributed by atoms with Crippen LogP contribution in [0.4, 0.5) is 0 Å². The Balaban J connectivity index is 2.61. The lowest BCUT2D eigenvalue weighted by Gasteiger charge is -2.21. The van der Waals surface area contributed by atoms with Gasteiger partial charge in [0.25, 0.3) is 0 Å². The summed E-state index contributed by atoms with van der Waals surface area (Å²) in [7, 11) is -1.73. The summed E-state index contributed by atoms with van der Waals surface area (Å²) in [6, 6.07) is 9.59. The summed E-state index contributed by atoms with van der Waals surface area (Å²) in [5.74, 6) is 0.0979. The highest BCUT2D eigenvalue weighted by atomic mass is 32.2. The topological polar surface area (TPSA) is 72.6 Å². The number of benzene rings is 1. The third-order valence-electron chi connectivity index (χ3n) is 2.81. The summed E-state index contributed by atoms with van der Waals surface area (Å²) in [5.41, 5.74) is 6.48. The van der Waals surface area contributed by atoms with E-state index in [1.807, 2.05) is 30.3 Å². The lowest BCUT2D eigenvalue weighted by Crippen LogP contribution is -2.39. The SMILES string of the molecule is COCCN(CCN)S(=O)(=O)CCc1ccccc1. The van der Waals surface area contributed by atoms with Crippen LogP contribution in [0.5, 0.6) is 0 Å². The molecule has 0 bridgehead atoms. The van der Waals surface area contributed by atoms with Crippen LogP contribution in [0.2, 0.25) is 0 Å². The zero-order valence-electron chi connectivity index (χ0n) is 11.3. The Kier molecular flexibility index (Phi) is 7.01.